The van der Waals surface area contributed by atoms with E-state index < -0.39 is 11.7 Å². The van der Waals surface area contributed by atoms with Crippen molar-refractivity contribution < 1.29 is 9.90 Å². The Balaban J connectivity index is 1.34. The first kappa shape index (κ1) is 28.0. The lowest BCUT2D eigenvalue weighted by Gasteiger charge is -2.26. The monoisotopic (exact) mass is 584 g/mol. The minimum atomic E-state index is -0.601. The maximum Gasteiger partial charge on any atom is 0.347 e. The Morgan fingerprint density at radius 3 is 2.31 bits per heavy atom. The Morgan fingerprint density at radius 1 is 0.952 bits per heavy atom. The van der Waals surface area contributed by atoms with Crippen molar-refractivity contribution >= 4 is 39.6 Å². The van der Waals surface area contributed by atoms with Crippen LogP contribution in [-0.4, -0.2) is 30.8 Å². The van der Waals surface area contributed by atoms with Crippen LogP contribution in [0.1, 0.15) is 54.3 Å². The summed E-state index contributed by atoms with van der Waals surface area (Å²) in [5.74, 6) is -0.184. The lowest BCUT2D eigenvalue weighted by molar-refractivity contribution is -0.124. The molecular weight excluding hydrogens is 552 g/mol. The number of benzene rings is 3. The molecule has 0 spiro atoms. The van der Waals surface area contributed by atoms with Gasteiger partial charge in [0.25, 0.3) is 5.56 Å². The van der Waals surface area contributed by atoms with Crippen LogP contribution < -0.4 is 16.6 Å². The van der Waals surface area contributed by atoms with Gasteiger partial charge in [-0.25, -0.2) is 4.79 Å². The molecule has 6 rings (SSSR count). The van der Waals surface area contributed by atoms with Crippen molar-refractivity contribution in [2.45, 2.75) is 44.2 Å². The summed E-state index contributed by atoms with van der Waals surface area (Å²) in [6, 6.07) is 24.5. The van der Waals surface area contributed by atoms with E-state index >= 15 is 0 Å². The van der Waals surface area contributed by atoms with Crippen LogP contribution in [0.3, 0.4) is 0 Å². The number of halogens is 1. The van der Waals surface area contributed by atoms with Gasteiger partial charge in [0.05, 0.1) is 29.5 Å². The summed E-state index contributed by atoms with van der Waals surface area (Å²) in [4.78, 5) is 39.5. The van der Waals surface area contributed by atoms with Gasteiger partial charge in [0.1, 0.15) is 5.65 Å². The Hall–Kier alpha value is -4.14. The van der Waals surface area contributed by atoms with Crippen molar-refractivity contribution in [3.63, 3.8) is 0 Å². The van der Waals surface area contributed by atoms with Gasteiger partial charge in [-0.05, 0) is 41.5 Å². The van der Waals surface area contributed by atoms with Crippen molar-refractivity contribution in [1.29, 1.82) is 0 Å². The smallest absolute Gasteiger partial charge is 0.347 e. The highest BCUT2D eigenvalue weighted by Gasteiger charge is 2.33. The molecule has 1 saturated carbocycles. The molecule has 9 heteroatoms. The number of nitrogens with one attached hydrogen (secondary N) is 1. The number of aromatic nitrogens is 3. The van der Waals surface area contributed by atoms with E-state index in [-0.39, 0.29) is 29.9 Å². The molecule has 1 amide bonds. The molecule has 216 valence electrons. The van der Waals surface area contributed by atoms with Crippen molar-refractivity contribution in [3.05, 3.63) is 116 Å². The minimum absolute atomic E-state index is 0.0815. The molecule has 5 aromatic rings. The van der Waals surface area contributed by atoms with Gasteiger partial charge < -0.3 is 15.0 Å². The van der Waals surface area contributed by atoms with E-state index in [0.717, 1.165) is 61.9 Å². The summed E-state index contributed by atoms with van der Waals surface area (Å²) < 4.78 is 3.92. The fourth-order valence-corrected chi connectivity index (χ4v) is 6.75. The molecule has 42 heavy (non-hydrogen) atoms. The fourth-order valence-electron chi connectivity index (χ4n) is 6.46. The Labute approximate surface area is 247 Å². The number of amides is 1. The number of carbonyl (C=O) groups excluding carboxylic acids is 1. The number of hydrogen-bond acceptors (Lipinski definition) is 4. The highest BCUT2D eigenvalue weighted by atomic mass is 35.5. The van der Waals surface area contributed by atoms with E-state index in [9.17, 15) is 19.5 Å². The average molecular weight is 585 g/mol. The molecule has 2 heterocycles. The van der Waals surface area contributed by atoms with E-state index in [0.29, 0.717) is 17.6 Å². The largest absolute Gasteiger partial charge is 0.394 e. The van der Waals surface area contributed by atoms with Crippen LogP contribution in [-0.2, 0) is 18.4 Å². The number of carbonyl (C=O) groups is 1. The third kappa shape index (κ3) is 4.95. The standard InChI is InChI=1S/C33H33ClN4O4/c1-36-32(41)29-25-13-7-8-14-27(25)37(31(29)38(34)33(36)42)19-21-15-17-24(18-16-21)28(23-11-5-6-12-23)30(40)35-26(20-39)22-9-3-2-4-10-22/h2-4,7-10,13-18,23,26,28,39H,5-6,11-12,19-20H2,1H3,(H,35,40)/t26-,28?/m0/s1. The maximum absolute atomic E-state index is 13.7. The van der Waals surface area contributed by atoms with Crippen molar-refractivity contribution in [2.24, 2.45) is 13.0 Å². The van der Waals surface area contributed by atoms with Gasteiger partial charge in [-0.15, -0.1) is 0 Å². The number of fused-ring (bicyclic) bond motifs is 3. The molecule has 0 saturated heterocycles. The second kappa shape index (κ2) is 11.6. The lowest BCUT2D eigenvalue weighted by atomic mass is 9.83. The normalized spacial score (nSPS) is 15.3. The Kier molecular flexibility index (Phi) is 7.75. The van der Waals surface area contributed by atoms with Crippen LogP contribution >= 0.6 is 11.8 Å². The average Bonchev–Trinajstić information content (AvgIpc) is 3.66. The number of aliphatic hydroxyl groups is 1. The Bertz CT molecular complexity index is 1870. The van der Waals surface area contributed by atoms with E-state index in [2.05, 4.69) is 5.32 Å². The predicted molar refractivity (Wildman–Crippen MR) is 165 cm³/mol. The first-order valence-corrected chi connectivity index (χ1v) is 14.7. The lowest BCUT2D eigenvalue weighted by Crippen LogP contribution is -2.37. The molecule has 3 aromatic carbocycles. The second-order valence-electron chi connectivity index (χ2n) is 11.1. The Morgan fingerprint density at radius 2 is 1.62 bits per heavy atom. The molecule has 1 aliphatic carbocycles. The predicted octanol–water partition coefficient (Wildman–Crippen LogP) is 4.83. The number of rotatable bonds is 8. The molecule has 2 aromatic heterocycles. The van der Waals surface area contributed by atoms with E-state index in [1.54, 1.807) is 0 Å². The van der Waals surface area contributed by atoms with Crippen molar-refractivity contribution in [1.82, 2.24) is 18.5 Å². The first-order valence-electron chi connectivity index (χ1n) is 14.3. The van der Waals surface area contributed by atoms with Crippen molar-refractivity contribution in [2.75, 3.05) is 6.61 Å². The molecule has 0 bridgehead atoms. The second-order valence-corrected chi connectivity index (χ2v) is 11.5. The van der Waals surface area contributed by atoms with Crippen molar-refractivity contribution in [3.8, 4) is 0 Å². The molecule has 0 radical (unpaired) electrons. The van der Waals surface area contributed by atoms with Crippen LogP contribution in [0.4, 0.5) is 0 Å². The zero-order chi connectivity index (χ0) is 29.4. The summed E-state index contributed by atoms with van der Waals surface area (Å²) in [6.07, 6.45) is 4.17. The molecule has 1 fully saturated rings. The van der Waals surface area contributed by atoms with Gasteiger partial charge >= 0.3 is 5.69 Å². The number of aliphatic hydroxyl groups excluding tert-OH is 1. The van der Waals surface area contributed by atoms with E-state index in [1.165, 1.54) is 7.05 Å². The minimum Gasteiger partial charge on any atom is -0.394 e. The third-order valence-electron chi connectivity index (χ3n) is 8.64. The molecular formula is C33H33ClN4O4. The van der Waals surface area contributed by atoms with E-state index in [1.807, 2.05) is 83.4 Å². The summed E-state index contributed by atoms with van der Waals surface area (Å²) in [7, 11) is 1.42. The van der Waals surface area contributed by atoms with Gasteiger partial charge in [-0.2, -0.15) is 4.09 Å². The zero-order valence-corrected chi connectivity index (χ0v) is 24.1. The maximum atomic E-state index is 13.7. The summed E-state index contributed by atoms with van der Waals surface area (Å²) in [6.45, 7) is 0.199. The fraction of sp³-hybridized carbons (Fsp3) is 0.303. The topological polar surface area (TPSA) is 98.3 Å². The molecule has 0 aliphatic heterocycles. The van der Waals surface area contributed by atoms with Crippen LogP contribution in [0.25, 0.3) is 21.9 Å². The third-order valence-corrected chi connectivity index (χ3v) is 8.94. The first-order chi connectivity index (χ1) is 20.4. The molecule has 8 nitrogen and oxygen atoms in total. The highest BCUT2D eigenvalue weighted by Crippen LogP contribution is 2.38. The number of nitrogens with zero attached hydrogens (tertiary/aromatic N) is 3. The highest BCUT2D eigenvalue weighted by molar-refractivity contribution is 6.20. The quantitative estimate of drug-likeness (QED) is 0.273. The molecule has 1 aliphatic rings. The molecule has 2 N–H and O–H groups in total. The van der Waals surface area contributed by atoms with Crippen LogP contribution in [0.5, 0.6) is 0 Å². The van der Waals surface area contributed by atoms with Gasteiger partial charge in [0.15, 0.2) is 0 Å². The van der Waals surface area contributed by atoms with Gasteiger partial charge in [-0.3, -0.25) is 14.2 Å². The van der Waals surface area contributed by atoms with Gasteiger partial charge in [0, 0.05) is 30.8 Å². The van der Waals surface area contributed by atoms with Gasteiger partial charge in [-0.1, -0.05) is 85.6 Å². The summed E-state index contributed by atoms with van der Waals surface area (Å²) in [5.41, 5.74) is 2.90. The van der Waals surface area contributed by atoms with Crippen LogP contribution in [0.2, 0.25) is 0 Å². The van der Waals surface area contributed by atoms with E-state index in [4.69, 9.17) is 11.8 Å². The SMILES string of the molecule is Cn1c(=O)c2c3ccccc3n(Cc3ccc(C(C(=O)N[C@@H](CO)c4ccccc4)C4CCCC4)cc3)c2n(Cl)c1=O. The van der Waals surface area contributed by atoms with Gasteiger partial charge in [0.2, 0.25) is 5.91 Å². The zero-order valence-electron chi connectivity index (χ0n) is 23.4. The van der Waals surface area contributed by atoms with Crippen LogP contribution in [0, 0.1) is 5.92 Å². The molecule has 1 unspecified atom stereocenters. The number of hydrogen-bond donors (Lipinski definition) is 2. The molecule has 2 atom stereocenters. The summed E-state index contributed by atoms with van der Waals surface area (Å²) >= 11 is 6.48. The summed E-state index contributed by atoms with van der Waals surface area (Å²) in [5, 5.41) is 14.3. The number of para-hydroxylation sites is 1. The van der Waals surface area contributed by atoms with Crippen LogP contribution in [0.15, 0.2) is 88.5 Å².